The predicted octanol–water partition coefficient (Wildman–Crippen LogP) is 3.56. The minimum absolute atomic E-state index is 0.0124. The summed E-state index contributed by atoms with van der Waals surface area (Å²) in [6.45, 7) is 4.32. The van der Waals surface area contributed by atoms with Crippen LogP contribution in [0.4, 0.5) is 0 Å². The van der Waals surface area contributed by atoms with Crippen LogP contribution in [-0.2, 0) is 5.41 Å². The normalized spacial score (nSPS) is 29.8. The van der Waals surface area contributed by atoms with Gasteiger partial charge >= 0.3 is 0 Å². The molecule has 3 aliphatic heterocycles. The summed E-state index contributed by atoms with van der Waals surface area (Å²) in [4.78, 5) is 23.0. The molecule has 0 radical (unpaired) electrons. The lowest BCUT2D eigenvalue weighted by molar-refractivity contribution is 0.0463. The summed E-state index contributed by atoms with van der Waals surface area (Å²) in [6, 6.07) is 7.17. The molecule has 6 nitrogen and oxygen atoms in total. The lowest BCUT2D eigenvalue weighted by Gasteiger charge is -2.47. The van der Waals surface area contributed by atoms with Crippen LogP contribution in [0, 0.1) is 0 Å². The third kappa shape index (κ3) is 3.54. The quantitative estimate of drug-likeness (QED) is 0.838. The standard InChI is InChI=1S/C24H34N4O2/c1-24(10-12-27(2)13-11-24)23-26-21-19(8-5-9-20(21)30-23)22(29)25-16-14-17-6-4-7-18(15-16)28(17)3/h5,8-9,16-18H,4,6-7,10-15H2,1-3H3,(H,25,29). The largest absolute Gasteiger partial charge is 0.440 e. The smallest absolute Gasteiger partial charge is 0.253 e. The van der Waals surface area contributed by atoms with Crippen molar-refractivity contribution in [2.45, 2.75) is 75.4 Å². The van der Waals surface area contributed by atoms with Crippen LogP contribution in [0.2, 0.25) is 0 Å². The molecule has 162 valence electrons. The number of hydrogen-bond donors (Lipinski definition) is 1. The van der Waals surface area contributed by atoms with Gasteiger partial charge in [0, 0.05) is 23.5 Å². The highest BCUT2D eigenvalue weighted by Gasteiger charge is 2.38. The second-order valence-electron chi connectivity index (χ2n) is 10.1. The monoisotopic (exact) mass is 410 g/mol. The first-order valence-corrected chi connectivity index (χ1v) is 11.5. The molecular formula is C24H34N4O2. The van der Waals surface area contributed by atoms with Crippen molar-refractivity contribution in [3.8, 4) is 0 Å². The second-order valence-corrected chi connectivity index (χ2v) is 10.1. The summed E-state index contributed by atoms with van der Waals surface area (Å²) in [7, 11) is 4.40. The van der Waals surface area contributed by atoms with Crippen LogP contribution >= 0.6 is 0 Å². The Kier molecular flexibility index (Phi) is 5.10. The van der Waals surface area contributed by atoms with E-state index in [9.17, 15) is 4.79 Å². The molecule has 0 spiro atoms. The maximum atomic E-state index is 13.2. The molecule has 2 aromatic rings. The molecule has 2 bridgehead atoms. The van der Waals surface area contributed by atoms with Crippen molar-refractivity contribution in [1.82, 2.24) is 20.1 Å². The molecule has 1 amide bonds. The Morgan fingerprint density at radius 1 is 1.17 bits per heavy atom. The van der Waals surface area contributed by atoms with E-state index in [2.05, 4.69) is 36.1 Å². The van der Waals surface area contributed by atoms with Crippen LogP contribution in [0.3, 0.4) is 0 Å². The van der Waals surface area contributed by atoms with Crippen molar-refractivity contribution in [3.63, 3.8) is 0 Å². The van der Waals surface area contributed by atoms with Gasteiger partial charge < -0.3 is 19.5 Å². The molecule has 2 atom stereocenters. The molecule has 4 heterocycles. The molecule has 3 saturated heterocycles. The van der Waals surface area contributed by atoms with Gasteiger partial charge in [-0.2, -0.15) is 0 Å². The Balaban J connectivity index is 1.37. The fourth-order valence-corrected chi connectivity index (χ4v) is 5.71. The zero-order valence-electron chi connectivity index (χ0n) is 18.5. The van der Waals surface area contributed by atoms with Crippen LogP contribution in [-0.4, -0.2) is 66.0 Å². The summed E-state index contributed by atoms with van der Waals surface area (Å²) < 4.78 is 6.18. The lowest BCUT2D eigenvalue weighted by Crippen LogP contribution is -2.55. The van der Waals surface area contributed by atoms with E-state index in [0.717, 1.165) is 50.2 Å². The van der Waals surface area contributed by atoms with Crippen LogP contribution in [0.5, 0.6) is 0 Å². The van der Waals surface area contributed by atoms with Crippen LogP contribution in [0.15, 0.2) is 22.6 Å². The van der Waals surface area contributed by atoms with Gasteiger partial charge in [-0.15, -0.1) is 0 Å². The number of likely N-dealkylation sites (tertiary alicyclic amines) is 1. The molecule has 1 N–H and O–H groups in total. The summed E-state index contributed by atoms with van der Waals surface area (Å²) in [6.07, 6.45) is 7.95. The fourth-order valence-electron chi connectivity index (χ4n) is 5.71. The maximum absolute atomic E-state index is 13.2. The highest BCUT2D eigenvalue weighted by atomic mass is 16.3. The van der Waals surface area contributed by atoms with Gasteiger partial charge in [0.05, 0.1) is 5.56 Å². The Labute approximate surface area is 179 Å². The number of benzene rings is 1. The van der Waals surface area contributed by atoms with Gasteiger partial charge in [0.2, 0.25) is 5.89 Å². The van der Waals surface area contributed by atoms with Crippen LogP contribution < -0.4 is 5.32 Å². The van der Waals surface area contributed by atoms with Crippen molar-refractivity contribution in [2.75, 3.05) is 27.2 Å². The molecule has 3 fully saturated rings. The highest BCUT2D eigenvalue weighted by Crippen LogP contribution is 2.37. The topological polar surface area (TPSA) is 61.6 Å². The molecule has 1 aromatic carbocycles. The van der Waals surface area contributed by atoms with Crippen LogP contribution in [0.1, 0.15) is 68.1 Å². The molecule has 3 aliphatic rings. The van der Waals surface area contributed by atoms with Gasteiger partial charge in [-0.3, -0.25) is 4.79 Å². The van der Waals surface area contributed by atoms with Gasteiger partial charge in [-0.25, -0.2) is 4.98 Å². The SMILES string of the molecule is CN1CCC(C)(c2nc3c(C(=O)NC4CC5CCCC(C4)N5C)cccc3o2)CC1. The van der Waals surface area contributed by atoms with E-state index in [1.54, 1.807) is 0 Å². The van der Waals surface area contributed by atoms with Gasteiger partial charge in [-0.1, -0.05) is 19.4 Å². The summed E-state index contributed by atoms with van der Waals surface area (Å²) in [5.74, 6) is 0.765. The number of amides is 1. The van der Waals surface area contributed by atoms with Crippen LogP contribution in [0.25, 0.3) is 11.1 Å². The minimum Gasteiger partial charge on any atom is -0.440 e. The molecule has 0 saturated carbocycles. The number of piperidine rings is 3. The van der Waals surface area contributed by atoms with E-state index in [1.165, 1.54) is 19.3 Å². The van der Waals surface area contributed by atoms with Crippen molar-refractivity contribution >= 4 is 17.0 Å². The summed E-state index contributed by atoms with van der Waals surface area (Å²) in [5, 5.41) is 3.33. The molecule has 30 heavy (non-hydrogen) atoms. The lowest BCUT2D eigenvalue weighted by atomic mass is 9.80. The molecule has 1 aromatic heterocycles. The highest BCUT2D eigenvalue weighted by molar-refractivity contribution is 6.04. The number of hydrogen-bond acceptors (Lipinski definition) is 5. The number of carbonyl (C=O) groups excluding carboxylic acids is 1. The molecule has 2 unspecified atom stereocenters. The van der Waals surface area contributed by atoms with E-state index >= 15 is 0 Å². The summed E-state index contributed by atoms with van der Waals surface area (Å²) in [5.41, 5.74) is 2.00. The zero-order valence-corrected chi connectivity index (χ0v) is 18.5. The van der Waals surface area contributed by atoms with E-state index in [4.69, 9.17) is 9.40 Å². The maximum Gasteiger partial charge on any atom is 0.253 e. The average Bonchev–Trinajstić information content (AvgIpc) is 3.16. The molecule has 5 rings (SSSR count). The molecular weight excluding hydrogens is 376 g/mol. The van der Waals surface area contributed by atoms with Gasteiger partial charge in [0.25, 0.3) is 5.91 Å². The van der Waals surface area contributed by atoms with Crippen molar-refractivity contribution in [2.24, 2.45) is 0 Å². The Morgan fingerprint density at radius 3 is 2.57 bits per heavy atom. The van der Waals surface area contributed by atoms with E-state index in [1.807, 2.05) is 18.2 Å². The summed E-state index contributed by atoms with van der Waals surface area (Å²) >= 11 is 0. The van der Waals surface area contributed by atoms with Crippen molar-refractivity contribution in [3.05, 3.63) is 29.7 Å². The van der Waals surface area contributed by atoms with E-state index in [-0.39, 0.29) is 17.4 Å². The van der Waals surface area contributed by atoms with Crippen molar-refractivity contribution in [1.29, 1.82) is 0 Å². The molecule has 0 aliphatic carbocycles. The van der Waals surface area contributed by atoms with E-state index in [0.29, 0.717) is 23.2 Å². The number of fused-ring (bicyclic) bond motifs is 3. The van der Waals surface area contributed by atoms with Gasteiger partial charge in [0.15, 0.2) is 5.58 Å². The first kappa shape index (κ1) is 20.0. The number of aromatic nitrogens is 1. The van der Waals surface area contributed by atoms with Gasteiger partial charge in [0.1, 0.15) is 5.52 Å². The minimum atomic E-state index is -0.0648. The average molecular weight is 411 g/mol. The Hall–Kier alpha value is -1.92. The number of para-hydroxylation sites is 1. The second kappa shape index (κ2) is 7.65. The Morgan fingerprint density at radius 2 is 1.87 bits per heavy atom. The Bertz CT molecular complexity index is 916. The zero-order chi connectivity index (χ0) is 20.9. The fraction of sp³-hybridized carbons (Fsp3) is 0.667. The van der Waals surface area contributed by atoms with Gasteiger partial charge in [-0.05, 0) is 77.8 Å². The predicted molar refractivity (Wildman–Crippen MR) is 118 cm³/mol. The number of oxazole rings is 1. The van der Waals surface area contributed by atoms with E-state index < -0.39 is 0 Å². The van der Waals surface area contributed by atoms with Crippen molar-refractivity contribution < 1.29 is 9.21 Å². The number of rotatable bonds is 3. The first-order valence-electron chi connectivity index (χ1n) is 11.5. The third-order valence-corrected chi connectivity index (χ3v) is 7.95. The number of carbonyl (C=O) groups is 1. The first-order chi connectivity index (χ1) is 14.4. The third-order valence-electron chi connectivity index (χ3n) is 7.95. The molecule has 6 heteroatoms. The number of nitrogens with zero attached hydrogens (tertiary/aromatic N) is 3. The number of nitrogens with one attached hydrogen (secondary N) is 1.